The maximum absolute atomic E-state index is 13.3. The summed E-state index contributed by atoms with van der Waals surface area (Å²) in [7, 11) is 3.49. The summed E-state index contributed by atoms with van der Waals surface area (Å²) in [6.45, 7) is 3.89. The first kappa shape index (κ1) is 28.7. The highest BCUT2D eigenvalue weighted by Crippen LogP contribution is 2.42. The molecule has 2 amide bonds. The molecular weight excluding hydrogens is 498 g/mol. The standard InChI is InChI=1S/C34H47N3O3/c1-35(33(38)28-16-10-5-11-17-28)31-22-29(32(23-31)27-14-8-4-9-15-27)25-36-20-18-30(19-21-36)37(34(39)40-2)24-26-12-6-3-7-13-26/h4-5,8-11,14-17,26,29-32H,3,6-7,12-13,18-25H2,1-2H3. The second-order valence-corrected chi connectivity index (χ2v) is 12.3. The molecule has 2 aromatic carbocycles. The minimum absolute atomic E-state index is 0.111. The van der Waals surface area contributed by atoms with Crippen molar-refractivity contribution in [3.63, 3.8) is 0 Å². The summed E-state index contributed by atoms with van der Waals surface area (Å²) < 4.78 is 5.23. The van der Waals surface area contributed by atoms with Gasteiger partial charge in [0.25, 0.3) is 5.91 Å². The summed E-state index contributed by atoms with van der Waals surface area (Å²) in [4.78, 5) is 32.7. The van der Waals surface area contributed by atoms with Gasteiger partial charge in [-0.25, -0.2) is 4.79 Å². The second kappa shape index (κ2) is 13.7. The molecule has 5 rings (SSSR count). The lowest BCUT2D eigenvalue weighted by Gasteiger charge is -2.40. The number of methoxy groups -OCH3 is 1. The number of amides is 2. The maximum atomic E-state index is 13.3. The molecule has 1 aliphatic heterocycles. The van der Waals surface area contributed by atoms with Crippen LogP contribution in [0, 0.1) is 11.8 Å². The molecule has 2 aliphatic carbocycles. The van der Waals surface area contributed by atoms with Gasteiger partial charge in [0.1, 0.15) is 0 Å². The normalized spacial score (nSPS) is 24.5. The highest BCUT2D eigenvalue weighted by atomic mass is 16.5. The molecule has 3 fully saturated rings. The van der Waals surface area contributed by atoms with Crippen LogP contribution in [0.4, 0.5) is 4.79 Å². The zero-order chi connectivity index (χ0) is 27.9. The number of likely N-dealkylation sites (tertiary alicyclic amines) is 1. The van der Waals surface area contributed by atoms with Crippen LogP contribution in [0.25, 0.3) is 0 Å². The topological polar surface area (TPSA) is 53.1 Å². The van der Waals surface area contributed by atoms with Gasteiger partial charge in [-0.15, -0.1) is 0 Å². The Morgan fingerprint density at radius 1 is 0.850 bits per heavy atom. The van der Waals surface area contributed by atoms with E-state index in [9.17, 15) is 9.59 Å². The van der Waals surface area contributed by atoms with E-state index in [0.717, 1.165) is 57.4 Å². The van der Waals surface area contributed by atoms with Gasteiger partial charge in [0.15, 0.2) is 0 Å². The molecule has 2 saturated carbocycles. The summed E-state index contributed by atoms with van der Waals surface area (Å²) in [6.07, 6.45) is 10.2. The summed E-state index contributed by atoms with van der Waals surface area (Å²) in [5, 5.41) is 0. The van der Waals surface area contributed by atoms with Crippen molar-refractivity contribution in [3.05, 3.63) is 71.8 Å². The number of piperidine rings is 1. The Morgan fingerprint density at radius 2 is 1.50 bits per heavy atom. The summed E-state index contributed by atoms with van der Waals surface area (Å²) in [5.41, 5.74) is 2.14. The minimum Gasteiger partial charge on any atom is -0.453 e. The van der Waals surface area contributed by atoms with E-state index in [1.165, 1.54) is 44.8 Å². The van der Waals surface area contributed by atoms with E-state index in [1.54, 1.807) is 0 Å². The van der Waals surface area contributed by atoms with Crippen molar-refractivity contribution < 1.29 is 14.3 Å². The van der Waals surface area contributed by atoms with E-state index >= 15 is 0 Å². The largest absolute Gasteiger partial charge is 0.453 e. The van der Waals surface area contributed by atoms with E-state index in [1.807, 2.05) is 42.3 Å². The average Bonchev–Trinajstić information content (AvgIpc) is 3.44. The molecule has 0 aromatic heterocycles. The molecule has 0 spiro atoms. The Labute approximate surface area is 240 Å². The lowest BCUT2D eigenvalue weighted by molar-refractivity contribution is 0.0611. The predicted molar refractivity (Wildman–Crippen MR) is 159 cm³/mol. The number of ether oxygens (including phenoxy) is 1. The van der Waals surface area contributed by atoms with Gasteiger partial charge in [0.2, 0.25) is 0 Å². The van der Waals surface area contributed by atoms with Crippen molar-refractivity contribution in [2.75, 3.05) is 40.3 Å². The predicted octanol–water partition coefficient (Wildman–Crippen LogP) is 6.43. The molecule has 2 aromatic rings. The third-order valence-electron chi connectivity index (χ3n) is 9.87. The van der Waals surface area contributed by atoms with Gasteiger partial charge in [0, 0.05) is 50.9 Å². The number of carbonyl (C=O) groups is 2. The number of nitrogens with zero attached hydrogens (tertiary/aromatic N) is 3. The third-order valence-corrected chi connectivity index (χ3v) is 9.87. The van der Waals surface area contributed by atoms with Crippen LogP contribution in [-0.4, -0.2) is 79.1 Å². The zero-order valence-electron chi connectivity index (χ0n) is 24.4. The van der Waals surface area contributed by atoms with Crippen LogP contribution in [0.5, 0.6) is 0 Å². The Balaban J connectivity index is 1.22. The number of carbonyl (C=O) groups excluding carboxylic acids is 2. The first-order valence-corrected chi connectivity index (χ1v) is 15.5. The number of hydrogen-bond acceptors (Lipinski definition) is 4. The molecule has 3 aliphatic rings. The fraction of sp³-hybridized carbons (Fsp3) is 0.588. The molecule has 6 nitrogen and oxygen atoms in total. The summed E-state index contributed by atoms with van der Waals surface area (Å²) in [6, 6.07) is 21.0. The van der Waals surface area contributed by atoms with Gasteiger partial charge in [0.05, 0.1) is 7.11 Å². The van der Waals surface area contributed by atoms with Crippen molar-refractivity contribution in [1.82, 2.24) is 14.7 Å². The van der Waals surface area contributed by atoms with Crippen LogP contribution in [0.1, 0.15) is 79.6 Å². The Kier molecular flexibility index (Phi) is 9.79. The number of hydrogen-bond donors (Lipinski definition) is 0. The zero-order valence-corrected chi connectivity index (χ0v) is 24.4. The maximum Gasteiger partial charge on any atom is 0.409 e. The lowest BCUT2D eigenvalue weighted by atomic mass is 9.87. The minimum atomic E-state index is -0.155. The quantitative estimate of drug-likeness (QED) is 0.383. The first-order chi connectivity index (χ1) is 19.5. The molecular formula is C34H47N3O3. The van der Waals surface area contributed by atoms with Gasteiger partial charge in [-0.2, -0.15) is 0 Å². The van der Waals surface area contributed by atoms with E-state index in [2.05, 4.69) is 40.1 Å². The van der Waals surface area contributed by atoms with Crippen molar-refractivity contribution in [3.8, 4) is 0 Å². The van der Waals surface area contributed by atoms with Crippen molar-refractivity contribution in [1.29, 1.82) is 0 Å². The van der Waals surface area contributed by atoms with Gasteiger partial charge in [-0.1, -0.05) is 67.8 Å². The van der Waals surface area contributed by atoms with E-state index in [4.69, 9.17) is 4.74 Å². The van der Waals surface area contributed by atoms with Crippen LogP contribution in [0.3, 0.4) is 0 Å². The highest BCUT2D eigenvalue weighted by Gasteiger charge is 2.40. The Bertz CT molecular complexity index is 1080. The Morgan fingerprint density at radius 3 is 2.15 bits per heavy atom. The summed E-state index contributed by atoms with van der Waals surface area (Å²) >= 11 is 0. The van der Waals surface area contributed by atoms with Crippen LogP contribution in [-0.2, 0) is 4.74 Å². The molecule has 216 valence electrons. The first-order valence-electron chi connectivity index (χ1n) is 15.5. The third kappa shape index (κ3) is 6.88. The van der Waals surface area contributed by atoms with Crippen LogP contribution in [0.2, 0.25) is 0 Å². The fourth-order valence-corrected chi connectivity index (χ4v) is 7.56. The fourth-order valence-electron chi connectivity index (χ4n) is 7.56. The van der Waals surface area contributed by atoms with Crippen LogP contribution < -0.4 is 0 Å². The van der Waals surface area contributed by atoms with Crippen LogP contribution in [0.15, 0.2) is 60.7 Å². The lowest BCUT2D eigenvalue weighted by Crippen LogP contribution is -2.50. The molecule has 3 unspecified atom stereocenters. The second-order valence-electron chi connectivity index (χ2n) is 12.3. The molecule has 6 heteroatoms. The number of rotatable bonds is 8. The van der Waals surface area contributed by atoms with Crippen LogP contribution >= 0.6 is 0 Å². The van der Waals surface area contributed by atoms with E-state index < -0.39 is 0 Å². The SMILES string of the molecule is COC(=O)N(CC1CCCCC1)C1CCN(CC2CC(N(C)C(=O)c3ccccc3)CC2c2ccccc2)CC1. The molecule has 3 atom stereocenters. The Hall–Kier alpha value is -2.86. The van der Waals surface area contributed by atoms with Gasteiger partial charge < -0.3 is 19.4 Å². The average molecular weight is 546 g/mol. The van der Waals surface area contributed by atoms with Gasteiger partial charge >= 0.3 is 6.09 Å². The molecule has 1 heterocycles. The van der Waals surface area contributed by atoms with E-state index in [0.29, 0.717) is 17.8 Å². The summed E-state index contributed by atoms with van der Waals surface area (Å²) in [5.74, 6) is 1.66. The van der Waals surface area contributed by atoms with E-state index in [-0.39, 0.29) is 24.1 Å². The molecule has 0 radical (unpaired) electrons. The molecule has 1 saturated heterocycles. The smallest absolute Gasteiger partial charge is 0.409 e. The molecule has 0 N–H and O–H groups in total. The van der Waals surface area contributed by atoms with Gasteiger partial charge in [-0.05, 0) is 74.0 Å². The monoisotopic (exact) mass is 545 g/mol. The molecule has 40 heavy (non-hydrogen) atoms. The van der Waals surface area contributed by atoms with Gasteiger partial charge in [-0.3, -0.25) is 4.79 Å². The van der Waals surface area contributed by atoms with Crippen molar-refractivity contribution in [2.45, 2.75) is 75.8 Å². The van der Waals surface area contributed by atoms with Crippen molar-refractivity contribution in [2.24, 2.45) is 11.8 Å². The highest BCUT2D eigenvalue weighted by molar-refractivity contribution is 5.94. The molecule has 0 bridgehead atoms. The number of benzene rings is 2. The van der Waals surface area contributed by atoms with Crippen molar-refractivity contribution >= 4 is 12.0 Å².